The molecule has 0 aliphatic carbocycles. The molecular weight excluding hydrogens is 166 g/mol. The van der Waals surface area contributed by atoms with Crippen molar-refractivity contribution in [2.75, 3.05) is 6.61 Å². The summed E-state index contributed by atoms with van der Waals surface area (Å²) in [5.74, 6) is -0.813. The lowest BCUT2D eigenvalue weighted by Gasteiger charge is -2.33. The minimum Gasteiger partial charge on any atom is -0.456 e. The lowest BCUT2D eigenvalue weighted by Crippen LogP contribution is -2.59. The minimum absolute atomic E-state index is 0.531. The number of rotatable bonds is 1. The molecule has 0 aromatic carbocycles. The number of cyclic esters (lactones) is 1. The first-order chi connectivity index (χ1) is 5.57. The van der Waals surface area contributed by atoms with Gasteiger partial charge in [-0.3, -0.25) is 4.79 Å². The largest absolute Gasteiger partial charge is 0.456 e. The second-order valence-corrected chi connectivity index (χ2v) is 2.66. The summed E-state index contributed by atoms with van der Waals surface area (Å²) in [7, 11) is 0. The second kappa shape index (κ2) is 3.36. The Balaban J connectivity index is 2.70. The van der Waals surface area contributed by atoms with Crippen molar-refractivity contribution in [1.82, 2.24) is 0 Å². The first-order valence-electron chi connectivity index (χ1n) is 3.51. The quantitative estimate of drug-likeness (QED) is 0.316. The topological polar surface area (TPSA) is 113 Å². The van der Waals surface area contributed by atoms with E-state index in [0.29, 0.717) is 0 Å². The van der Waals surface area contributed by atoms with Crippen LogP contribution in [0.15, 0.2) is 0 Å². The first kappa shape index (κ1) is 9.40. The van der Waals surface area contributed by atoms with Crippen LogP contribution in [0.4, 0.5) is 0 Å². The van der Waals surface area contributed by atoms with Gasteiger partial charge in [-0.15, -0.1) is 0 Å². The highest BCUT2D eigenvalue weighted by Crippen LogP contribution is 2.14. The molecular formula is C6H11NO5. The summed E-state index contributed by atoms with van der Waals surface area (Å²) < 4.78 is 4.51. The summed E-state index contributed by atoms with van der Waals surface area (Å²) >= 11 is 0. The maximum Gasteiger partial charge on any atom is 0.326 e. The zero-order valence-electron chi connectivity index (χ0n) is 6.25. The molecule has 0 saturated carbocycles. The summed E-state index contributed by atoms with van der Waals surface area (Å²) in [5, 5.41) is 26.9. The van der Waals surface area contributed by atoms with Gasteiger partial charge in [0.15, 0.2) is 6.10 Å². The molecule has 6 heteroatoms. The fourth-order valence-corrected chi connectivity index (χ4v) is 1.01. The molecule has 70 valence electrons. The number of carbonyl (C=O) groups is 1. The van der Waals surface area contributed by atoms with Crippen LogP contribution in [0.5, 0.6) is 0 Å². The predicted octanol–water partition coefficient (Wildman–Crippen LogP) is -3.05. The number of aliphatic hydroxyl groups excluding tert-OH is 3. The van der Waals surface area contributed by atoms with Crippen molar-refractivity contribution in [2.24, 2.45) is 5.73 Å². The number of aliphatic hydroxyl groups is 3. The van der Waals surface area contributed by atoms with Crippen LogP contribution in [0.25, 0.3) is 0 Å². The van der Waals surface area contributed by atoms with Crippen molar-refractivity contribution in [3.8, 4) is 0 Å². The molecule has 12 heavy (non-hydrogen) atoms. The van der Waals surface area contributed by atoms with Crippen molar-refractivity contribution < 1.29 is 24.9 Å². The van der Waals surface area contributed by atoms with Gasteiger partial charge in [-0.05, 0) is 0 Å². The summed E-state index contributed by atoms with van der Waals surface area (Å²) in [5.41, 5.74) is 5.16. The van der Waals surface area contributed by atoms with Crippen molar-refractivity contribution in [1.29, 1.82) is 0 Å². The normalized spacial score (nSPS) is 42.5. The van der Waals surface area contributed by atoms with E-state index in [2.05, 4.69) is 4.74 Å². The van der Waals surface area contributed by atoms with Gasteiger partial charge in [-0.2, -0.15) is 0 Å². The van der Waals surface area contributed by atoms with Gasteiger partial charge in [0.1, 0.15) is 18.2 Å². The van der Waals surface area contributed by atoms with Crippen LogP contribution >= 0.6 is 0 Å². The molecule has 1 rings (SSSR count). The van der Waals surface area contributed by atoms with Gasteiger partial charge in [0.05, 0.1) is 6.61 Å². The molecule has 0 bridgehead atoms. The number of hydrogen-bond donors (Lipinski definition) is 4. The molecule has 5 N–H and O–H groups in total. The highest BCUT2D eigenvalue weighted by atomic mass is 16.6. The SMILES string of the molecule is N[C@@H]1C(=O)O[C@H](CO)[C@@H](O)[C@@H]1O. The summed E-state index contributed by atoms with van der Waals surface area (Å²) in [6.45, 7) is -0.531. The number of ether oxygens (including phenoxy) is 1. The van der Waals surface area contributed by atoms with E-state index in [1.807, 2.05) is 0 Å². The number of carbonyl (C=O) groups excluding carboxylic acids is 1. The first-order valence-corrected chi connectivity index (χ1v) is 3.51. The molecule has 6 nitrogen and oxygen atoms in total. The van der Waals surface area contributed by atoms with Gasteiger partial charge < -0.3 is 25.8 Å². The molecule has 0 spiro atoms. The number of nitrogens with two attached hydrogens (primary N) is 1. The van der Waals surface area contributed by atoms with Gasteiger partial charge in [-0.1, -0.05) is 0 Å². The maximum atomic E-state index is 10.8. The molecule has 0 aromatic rings. The fourth-order valence-electron chi connectivity index (χ4n) is 1.01. The van der Waals surface area contributed by atoms with E-state index < -0.39 is 36.9 Å². The Bertz CT molecular complexity index is 183. The van der Waals surface area contributed by atoms with Gasteiger partial charge in [0, 0.05) is 0 Å². The highest BCUT2D eigenvalue weighted by Gasteiger charge is 2.42. The molecule has 1 heterocycles. The Labute approximate surface area is 68.6 Å². The van der Waals surface area contributed by atoms with Crippen molar-refractivity contribution in [3.63, 3.8) is 0 Å². The monoisotopic (exact) mass is 177 g/mol. The summed E-state index contributed by atoms with van der Waals surface area (Å²) in [4.78, 5) is 10.8. The van der Waals surface area contributed by atoms with E-state index in [4.69, 9.17) is 21.1 Å². The van der Waals surface area contributed by atoms with Gasteiger partial charge in [0.25, 0.3) is 0 Å². The third kappa shape index (κ3) is 1.42. The third-order valence-electron chi connectivity index (χ3n) is 1.82. The number of esters is 1. The fraction of sp³-hybridized carbons (Fsp3) is 0.833. The smallest absolute Gasteiger partial charge is 0.326 e. The maximum absolute atomic E-state index is 10.8. The van der Waals surface area contributed by atoms with Crippen LogP contribution in [-0.2, 0) is 9.53 Å². The van der Waals surface area contributed by atoms with Crippen LogP contribution in [0.1, 0.15) is 0 Å². The Morgan fingerprint density at radius 2 is 2.00 bits per heavy atom. The lowest BCUT2D eigenvalue weighted by molar-refractivity contribution is -0.186. The van der Waals surface area contributed by atoms with E-state index in [1.54, 1.807) is 0 Å². The van der Waals surface area contributed by atoms with E-state index in [-0.39, 0.29) is 0 Å². The van der Waals surface area contributed by atoms with Gasteiger partial charge in [0.2, 0.25) is 0 Å². The molecule has 0 amide bonds. The van der Waals surface area contributed by atoms with Crippen LogP contribution in [0, 0.1) is 0 Å². The Morgan fingerprint density at radius 1 is 1.42 bits per heavy atom. The Morgan fingerprint density at radius 3 is 2.50 bits per heavy atom. The van der Waals surface area contributed by atoms with Crippen LogP contribution < -0.4 is 5.73 Å². The van der Waals surface area contributed by atoms with Gasteiger partial charge >= 0.3 is 5.97 Å². The Kier molecular flexibility index (Phi) is 2.63. The zero-order valence-corrected chi connectivity index (χ0v) is 6.25. The van der Waals surface area contributed by atoms with E-state index in [1.165, 1.54) is 0 Å². The summed E-state index contributed by atoms with van der Waals surface area (Å²) in [6, 6.07) is -1.23. The predicted molar refractivity (Wildman–Crippen MR) is 37.0 cm³/mol. The van der Waals surface area contributed by atoms with E-state index in [0.717, 1.165) is 0 Å². The third-order valence-corrected chi connectivity index (χ3v) is 1.82. The average Bonchev–Trinajstić information content (AvgIpc) is 2.08. The highest BCUT2D eigenvalue weighted by molar-refractivity contribution is 5.77. The lowest BCUT2D eigenvalue weighted by atomic mass is 9.99. The molecule has 4 atom stereocenters. The molecule has 1 aliphatic heterocycles. The standard InChI is InChI=1S/C6H11NO5/c7-3-5(10)4(9)2(1-8)12-6(3)11/h2-5,8-10H,1,7H2/t2-,3+,4-,5-/m1/s1. The van der Waals surface area contributed by atoms with Crippen molar-refractivity contribution in [2.45, 2.75) is 24.4 Å². The zero-order chi connectivity index (χ0) is 9.30. The van der Waals surface area contributed by atoms with Crippen LogP contribution in [-0.4, -0.2) is 52.2 Å². The molecule has 1 fully saturated rings. The van der Waals surface area contributed by atoms with E-state index in [9.17, 15) is 4.79 Å². The molecule has 0 unspecified atom stereocenters. The van der Waals surface area contributed by atoms with Crippen molar-refractivity contribution in [3.05, 3.63) is 0 Å². The minimum atomic E-state index is -1.37. The van der Waals surface area contributed by atoms with Crippen LogP contribution in [0.2, 0.25) is 0 Å². The molecule has 1 aliphatic rings. The number of hydrogen-bond acceptors (Lipinski definition) is 6. The molecule has 1 saturated heterocycles. The second-order valence-electron chi connectivity index (χ2n) is 2.66. The summed E-state index contributed by atoms with van der Waals surface area (Å²) in [6.07, 6.45) is -3.77. The van der Waals surface area contributed by atoms with Crippen LogP contribution in [0.3, 0.4) is 0 Å². The van der Waals surface area contributed by atoms with Gasteiger partial charge in [-0.25, -0.2) is 0 Å². The Hall–Kier alpha value is -0.690. The average molecular weight is 177 g/mol. The van der Waals surface area contributed by atoms with Crippen molar-refractivity contribution >= 4 is 5.97 Å². The molecule has 0 aromatic heterocycles. The van der Waals surface area contributed by atoms with E-state index >= 15 is 0 Å². The molecule has 0 radical (unpaired) electrons.